The molecule has 0 spiro atoms. The molecule has 0 aromatic heterocycles. The van der Waals surface area contributed by atoms with Gasteiger partial charge in [-0.2, -0.15) is 0 Å². The van der Waals surface area contributed by atoms with E-state index in [0.29, 0.717) is 24.8 Å². The number of carbonyl (C=O) groups excluding carboxylic acids is 1. The summed E-state index contributed by atoms with van der Waals surface area (Å²) in [6.45, 7) is 2.12. The molecular weight excluding hydrogens is 230 g/mol. The van der Waals surface area contributed by atoms with Crippen LogP contribution in [-0.2, 0) is 9.59 Å². The lowest BCUT2D eigenvalue weighted by atomic mass is 9.81. The molecule has 2 aliphatic carbocycles. The van der Waals surface area contributed by atoms with Gasteiger partial charge in [-0.05, 0) is 51.4 Å². The van der Waals surface area contributed by atoms with E-state index >= 15 is 0 Å². The van der Waals surface area contributed by atoms with Crippen LogP contribution in [0.1, 0.15) is 45.4 Å². The first kappa shape index (κ1) is 13.4. The molecule has 1 N–H and O–H groups in total. The Morgan fingerprint density at radius 3 is 2.00 bits per heavy atom. The Hall–Kier alpha value is -1.06. The van der Waals surface area contributed by atoms with Gasteiger partial charge in [0.05, 0.1) is 5.92 Å². The molecule has 2 fully saturated rings. The van der Waals surface area contributed by atoms with Crippen LogP contribution < -0.4 is 0 Å². The molecule has 0 heterocycles. The second-order valence-corrected chi connectivity index (χ2v) is 5.91. The van der Waals surface area contributed by atoms with E-state index in [1.165, 1.54) is 12.8 Å². The highest BCUT2D eigenvalue weighted by Gasteiger charge is 2.36. The third-order valence-corrected chi connectivity index (χ3v) is 4.69. The van der Waals surface area contributed by atoms with E-state index in [9.17, 15) is 9.59 Å². The predicted molar refractivity (Wildman–Crippen MR) is 68.0 cm³/mol. The normalized spacial score (nSPS) is 29.7. The Bertz CT molecular complexity index is 330. The monoisotopic (exact) mass is 253 g/mol. The van der Waals surface area contributed by atoms with Crippen molar-refractivity contribution in [3.05, 3.63) is 0 Å². The number of rotatable bonds is 4. The van der Waals surface area contributed by atoms with Crippen LogP contribution in [0.5, 0.6) is 0 Å². The molecule has 0 aliphatic heterocycles. The number of amides is 1. The average molecular weight is 253 g/mol. The van der Waals surface area contributed by atoms with Crippen LogP contribution in [-0.4, -0.2) is 35.0 Å². The number of carboxylic acid groups (broad SMARTS) is 1. The van der Waals surface area contributed by atoms with E-state index in [-0.39, 0.29) is 17.7 Å². The zero-order valence-corrected chi connectivity index (χ0v) is 11.3. The van der Waals surface area contributed by atoms with Crippen molar-refractivity contribution in [3.8, 4) is 0 Å². The fraction of sp³-hybridized carbons (Fsp3) is 0.857. The highest BCUT2D eigenvalue weighted by Crippen LogP contribution is 2.36. The molecule has 4 heteroatoms. The number of hydrogen-bond acceptors (Lipinski definition) is 2. The van der Waals surface area contributed by atoms with Crippen molar-refractivity contribution in [2.45, 2.75) is 51.5 Å². The Labute approximate surface area is 108 Å². The largest absolute Gasteiger partial charge is 0.481 e. The molecule has 0 radical (unpaired) electrons. The zero-order chi connectivity index (χ0) is 13.3. The summed E-state index contributed by atoms with van der Waals surface area (Å²) in [4.78, 5) is 25.1. The van der Waals surface area contributed by atoms with Crippen LogP contribution in [0.25, 0.3) is 0 Å². The molecule has 102 valence electrons. The van der Waals surface area contributed by atoms with E-state index in [1.54, 1.807) is 0 Å². The SMILES string of the molecule is CC(C1CC1)N(C)C(=O)C1CCC(C(=O)O)CC1. The van der Waals surface area contributed by atoms with Gasteiger partial charge >= 0.3 is 5.97 Å². The van der Waals surface area contributed by atoms with Crippen molar-refractivity contribution < 1.29 is 14.7 Å². The third kappa shape index (κ3) is 2.85. The number of nitrogens with zero attached hydrogens (tertiary/aromatic N) is 1. The van der Waals surface area contributed by atoms with Gasteiger partial charge in [-0.1, -0.05) is 0 Å². The van der Waals surface area contributed by atoms with Gasteiger partial charge in [-0.15, -0.1) is 0 Å². The Morgan fingerprint density at radius 1 is 1.06 bits per heavy atom. The van der Waals surface area contributed by atoms with Crippen LogP contribution in [0.15, 0.2) is 0 Å². The summed E-state index contributed by atoms with van der Waals surface area (Å²) in [6, 6.07) is 0.342. The van der Waals surface area contributed by atoms with Gasteiger partial charge in [0.15, 0.2) is 0 Å². The smallest absolute Gasteiger partial charge is 0.306 e. The third-order valence-electron chi connectivity index (χ3n) is 4.69. The first-order valence-electron chi connectivity index (χ1n) is 7.00. The lowest BCUT2D eigenvalue weighted by Crippen LogP contribution is -2.41. The van der Waals surface area contributed by atoms with Gasteiger partial charge in [0.2, 0.25) is 5.91 Å². The van der Waals surface area contributed by atoms with Crippen molar-refractivity contribution in [2.75, 3.05) is 7.05 Å². The molecule has 0 bridgehead atoms. The van der Waals surface area contributed by atoms with Gasteiger partial charge in [-0.3, -0.25) is 9.59 Å². The molecule has 4 nitrogen and oxygen atoms in total. The van der Waals surface area contributed by atoms with Gasteiger partial charge in [0, 0.05) is 19.0 Å². The van der Waals surface area contributed by atoms with Crippen molar-refractivity contribution in [3.63, 3.8) is 0 Å². The van der Waals surface area contributed by atoms with E-state index in [2.05, 4.69) is 6.92 Å². The van der Waals surface area contributed by atoms with Crippen molar-refractivity contribution in [1.82, 2.24) is 4.90 Å². The summed E-state index contributed by atoms with van der Waals surface area (Å²) in [5.41, 5.74) is 0. The number of carbonyl (C=O) groups is 2. The maximum atomic E-state index is 12.3. The van der Waals surface area contributed by atoms with Crippen LogP contribution in [0.3, 0.4) is 0 Å². The van der Waals surface area contributed by atoms with Crippen LogP contribution >= 0.6 is 0 Å². The van der Waals surface area contributed by atoms with Gasteiger partial charge in [-0.25, -0.2) is 0 Å². The topological polar surface area (TPSA) is 57.6 Å². The second kappa shape index (κ2) is 5.29. The minimum Gasteiger partial charge on any atom is -0.481 e. The minimum absolute atomic E-state index is 0.0480. The average Bonchev–Trinajstić information content (AvgIpc) is 3.20. The summed E-state index contributed by atoms with van der Waals surface area (Å²) >= 11 is 0. The van der Waals surface area contributed by atoms with Gasteiger partial charge < -0.3 is 10.0 Å². The van der Waals surface area contributed by atoms with Crippen molar-refractivity contribution >= 4 is 11.9 Å². The lowest BCUT2D eigenvalue weighted by molar-refractivity contribution is -0.146. The molecule has 2 saturated carbocycles. The molecule has 0 saturated heterocycles. The first-order valence-corrected chi connectivity index (χ1v) is 7.00. The van der Waals surface area contributed by atoms with E-state index < -0.39 is 5.97 Å². The number of hydrogen-bond donors (Lipinski definition) is 1. The molecule has 2 aliphatic rings. The highest BCUT2D eigenvalue weighted by molar-refractivity contribution is 5.79. The fourth-order valence-electron chi connectivity index (χ4n) is 2.97. The summed E-state index contributed by atoms with van der Waals surface area (Å²) in [6.07, 6.45) is 5.25. The molecule has 1 atom stereocenters. The Morgan fingerprint density at radius 2 is 1.56 bits per heavy atom. The molecule has 0 aromatic rings. The highest BCUT2D eigenvalue weighted by atomic mass is 16.4. The van der Waals surface area contributed by atoms with Gasteiger partial charge in [0.25, 0.3) is 0 Å². The first-order chi connectivity index (χ1) is 8.50. The number of carboxylic acids is 1. The standard InChI is InChI=1S/C14H23NO3/c1-9(10-3-4-10)15(2)13(16)11-5-7-12(8-6-11)14(17)18/h9-12H,3-8H2,1-2H3,(H,17,18). The number of aliphatic carboxylic acids is 1. The summed E-state index contributed by atoms with van der Waals surface area (Å²) in [7, 11) is 1.90. The van der Waals surface area contributed by atoms with Crippen molar-refractivity contribution in [1.29, 1.82) is 0 Å². The van der Waals surface area contributed by atoms with Crippen LogP contribution in [0.4, 0.5) is 0 Å². The van der Waals surface area contributed by atoms with Gasteiger partial charge in [0.1, 0.15) is 0 Å². The molecule has 2 rings (SSSR count). The maximum absolute atomic E-state index is 12.3. The van der Waals surface area contributed by atoms with E-state index in [1.807, 2.05) is 11.9 Å². The van der Waals surface area contributed by atoms with Crippen LogP contribution in [0.2, 0.25) is 0 Å². The Balaban J connectivity index is 1.84. The molecule has 0 aromatic carbocycles. The lowest BCUT2D eigenvalue weighted by Gasteiger charge is -2.32. The van der Waals surface area contributed by atoms with Crippen LogP contribution in [0, 0.1) is 17.8 Å². The van der Waals surface area contributed by atoms with E-state index in [4.69, 9.17) is 5.11 Å². The minimum atomic E-state index is -0.708. The second-order valence-electron chi connectivity index (χ2n) is 5.91. The van der Waals surface area contributed by atoms with E-state index in [0.717, 1.165) is 12.8 Å². The predicted octanol–water partition coefficient (Wildman–Crippen LogP) is 2.13. The Kier molecular flexibility index (Phi) is 3.93. The molecule has 18 heavy (non-hydrogen) atoms. The molecule has 1 unspecified atom stereocenters. The quantitative estimate of drug-likeness (QED) is 0.835. The van der Waals surface area contributed by atoms with Crippen molar-refractivity contribution in [2.24, 2.45) is 17.8 Å². The maximum Gasteiger partial charge on any atom is 0.306 e. The summed E-state index contributed by atoms with van der Waals surface area (Å²) in [5, 5.41) is 8.95. The molecule has 1 amide bonds. The fourth-order valence-corrected chi connectivity index (χ4v) is 2.97. The summed E-state index contributed by atoms with van der Waals surface area (Å²) < 4.78 is 0. The summed E-state index contributed by atoms with van der Waals surface area (Å²) in [5.74, 6) is 0.0140. The molecular formula is C14H23NO3. The zero-order valence-electron chi connectivity index (χ0n) is 11.3.